The van der Waals surface area contributed by atoms with Crippen molar-refractivity contribution in [1.29, 1.82) is 0 Å². The zero-order valence-corrected chi connectivity index (χ0v) is 14.8. The van der Waals surface area contributed by atoms with Crippen molar-refractivity contribution >= 4 is 34.8 Å². The quantitative estimate of drug-likeness (QED) is 0.619. The highest BCUT2D eigenvalue weighted by atomic mass is 32.1. The van der Waals surface area contributed by atoms with Crippen molar-refractivity contribution < 1.29 is 19.5 Å². The monoisotopic (exact) mass is 364 g/mol. The minimum Gasteiger partial charge on any atom is -0.479 e. The third kappa shape index (κ3) is 4.90. The van der Waals surface area contributed by atoms with E-state index in [1.54, 1.807) is 11.4 Å². The molecule has 0 aliphatic heterocycles. The molecule has 0 aliphatic rings. The minimum absolute atomic E-state index is 0.154. The SMILES string of the molecule is CC(C)(C(=O)O)n1cc(NC(=O)CCCNC(=O)c2ccsc2)cn1. The van der Waals surface area contributed by atoms with Gasteiger partial charge < -0.3 is 15.7 Å². The Morgan fingerprint density at radius 1 is 1.36 bits per heavy atom. The van der Waals surface area contributed by atoms with Crippen LogP contribution >= 0.6 is 11.3 Å². The van der Waals surface area contributed by atoms with E-state index in [-0.39, 0.29) is 18.2 Å². The lowest BCUT2D eigenvalue weighted by atomic mass is 10.1. The van der Waals surface area contributed by atoms with E-state index in [1.165, 1.54) is 42.3 Å². The minimum atomic E-state index is -1.20. The smallest absolute Gasteiger partial charge is 0.331 e. The zero-order chi connectivity index (χ0) is 18.4. The zero-order valence-electron chi connectivity index (χ0n) is 14.0. The molecule has 0 saturated heterocycles. The van der Waals surface area contributed by atoms with Gasteiger partial charge in [-0.25, -0.2) is 4.79 Å². The highest BCUT2D eigenvalue weighted by Gasteiger charge is 2.30. The Hall–Kier alpha value is -2.68. The molecule has 25 heavy (non-hydrogen) atoms. The molecule has 0 unspecified atom stereocenters. The van der Waals surface area contributed by atoms with E-state index >= 15 is 0 Å². The average molecular weight is 364 g/mol. The Labute approximate surface area is 148 Å². The Balaban J connectivity index is 1.75. The number of nitrogens with one attached hydrogen (secondary N) is 2. The first-order valence-corrected chi connectivity index (χ1v) is 8.64. The summed E-state index contributed by atoms with van der Waals surface area (Å²) in [5, 5.41) is 22.1. The lowest BCUT2D eigenvalue weighted by Crippen LogP contribution is -2.35. The summed E-state index contributed by atoms with van der Waals surface area (Å²) in [6.45, 7) is 3.43. The van der Waals surface area contributed by atoms with Gasteiger partial charge in [0.15, 0.2) is 5.54 Å². The molecule has 134 valence electrons. The van der Waals surface area contributed by atoms with Crippen molar-refractivity contribution in [3.8, 4) is 0 Å². The average Bonchev–Trinajstić information content (AvgIpc) is 3.22. The summed E-state index contributed by atoms with van der Waals surface area (Å²) in [5.74, 6) is -1.40. The van der Waals surface area contributed by atoms with Gasteiger partial charge in [-0.1, -0.05) is 0 Å². The van der Waals surface area contributed by atoms with Crippen LogP contribution in [-0.4, -0.2) is 39.2 Å². The van der Waals surface area contributed by atoms with Gasteiger partial charge in [0, 0.05) is 30.1 Å². The van der Waals surface area contributed by atoms with E-state index in [0.29, 0.717) is 24.2 Å². The Kier molecular flexibility index (Phi) is 5.92. The third-order valence-electron chi connectivity index (χ3n) is 3.61. The predicted molar refractivity (Wildman–Crippen MR) is 93.7 cm³/mol. The van der Waals surface area contributed by atoms with E-state index < -0.39 is 11.5 Å². The summed E-state index contributed by atoms with van der Waals surface area (Å²) in [5.41, 5.74) is -0.154. The molecule has 0 bridgehead atoms. The fourth-order valence-electron chi connectivity index (χ4n) is 1.96. The summed E-state index contributed by atoms with van der Waals surface area (Å²) in [6, 6.07) is 1.74. The molecular weight excluding hydrogens is 344 g/mol. The van der Waals surface area contributed by atoms with Crippen molar-refractivity contribution in [2.45, 2.75) is 32.2 Å². The second-order valence-electron chi connectivity index (χ2n) is 5.96. The van der Waals surface area contributed by atoms with Crippen LogP contribution in [0.2, 0.25) is 0 Å². The van der Waals surface area contributed by atoms with E-state index in [4.69, 9.17) is 5.11 Å². The largest absolute Gasteiger partial charge is 0.479 e. The number of aliphatic carboxylic acids is 1. The topological polar surface area (TPSA) is 113 Å². The molecule has 0 saturated carbocycles. The Bertz CT molecular complexity index is 752. The van der Waals surface area contributed by atoms with E-state index in [1.807, 2.05) is 5.38 Å². The lowest BCUT2D eigenvalue weighted by molar-refractivity contribution is -0.146. The Morgan fingerprint density at radius 3 is 2.76 bits per heavy atom. The van der Waals surface area contributed by atoms with Gasteiger partial charge in [0.05, 0.1) is 11.9 Å². The highest BCUT2D eigenvalue weighted by Crippen LogP contribution is 2.17. The van der Waals surface area contributed by atoms with Crippen molar-refractivity contribution in [1.82, 2.24) is 15.1 Å². The van der Waals surface area contributed by atoms with Crippen LogP contribution in [0.4, 0.5) is 5.69 Å². The maximum Gasteiger partial charge on any atom is 0.331 e. The first-order valence-electron chi connectivity index (χ1n) is 7.69. The molecule has 2 aromatic heterocycles. The fraction of sp³-hybridized carbons (Fsp3) is 0.375. The van der Waals surface area contributed by atoms with Crippen LogP contribution in [0.25, 0.3) is 0 Å². The van der Waals surface area contributed by atoms with Crippen LogP contribution < -0.4 is 10.6 Å². The Morgan fingerprint density at radius 2 is 2.12 bits per heavy atom. The molecule has 0 aromatic carbocycles. The highest BCUT2D eigenvalue weighted by molar-refractivity contribution is 7.08. The summed E-state index contributed by atoms with van der Waals surface area (Å²) in [6.07, 6.45) is 3.61. The van der Waals surface area contributed by atoms with Crippen molar-refractivity contribution in [2.75, 3.05) is 11.9 Å². The van der Waals surface area contributed by atoms with Gasteiger partial charge in [-0.3, -0.25) is 14.3 Å². The molecule has 0 aliphatic carbocycles. The van der Waals surface area contributed by atoms with Crippen molar-refractivity contribution in [3.05, 3.63) is 34.8 Å². The molecule has 2 aromatic rings. The molecule has 0 atom stereocenters. The van der Waals surface area contributed by atoms with Crippen LogP contribution in [0.5, 0.6) is 0 Å². The summed E-state index contributed by atoms with van der Waals surface area (Å²) in [4.78, 5) is 34.8. The second kappa shape index (κ2) is 7.93. The maximum atomic E-state index is 11.9. The van der Waals surface area contributed by atoms with Crippen molar-refractivity contribution in [2.24, 2.45) is 0 Å². The van der Waals surface area contributed by atoms with Gasteiger partial charge in [-0.15, -0.1) is 0 Å². The molecular formula is C16H20N4O4S. The fourth-order valence-corrected chi connectivity index (χ4v) is 2.60. The van der Waals surface area contributed by atoms with Crippen LogP contribution in [0.3, 0.4) is 0 Å². The molecule has 8 nitrogen and oxygen atoms in total. The molecule has 0 fully saturated rings. The van der Waals surface area contributed by atoms with Crippen LogP contribution in [0.1, 0.15) is 37.0 Å². The first-order chi connectivity index (χ1) is 11.8. The molecule has 3 N–H and O–H groups in total. The molecule has 2 rings (SSSR count). The molecule has 0 spiro atoms. The number of hydrogen-bond acceptors (Lipinski definition) is 5. The van der Waals surface area contributed by atoms with Crippen LogP contribution in [-0.2, 0) is 15.1 Å². The number of carbonyl (C=O) groups is 3. The molecule has 9 heteroatoms. The number of thiophene rings is 1. The van der Waals surface area contributed by atoms with Crippen LogP contribution in [0.15, 0.2) is 29.2 Å². The number of carbonyl (C=O) groups excluding carboxylic acids is 2. The van der Waals surface area contributed by atoms with E-state index in [2.05, 4.69) is 15.7 Å². The van der Waals surface area contributed by atoms with Gasteiger partial charge in [0.1, 0.15) is 0 Å². The summed E-state index contributed by atoms with van der Waals surface area (Å²) in [7, 11) is 0. The van der Waals surface area contributed by atoms with E-state index in [0.717, 1.165) is 0 Å². The second-order valence-corrected chi connectivity index (χ2v) is 6.74. The number of nitrogens with zero attached hydrogens (tertiary/aromatic N) is 2. The standard InChI is InChI=1S/C16H20N4O4S/c1-16(2,15(23)24)20-9-12(8-18-20)19-13(21)4-3-6-17-14(22)11-5-7-25-10-11/h5,7-10H,3-4,6H2,1-2H3,(H,17,22)(H,19,21)(H,23,24). The summed E-state index contributed by atoms with van der Waals surface area (Å²) < 4.78 is 1.28. The van der Waals surface area contributed by atoms with Gasteiger partial charge in [0.2, 0.25) is 5.91 Å². The third-order valence-corrected chi connectivity index (χ3v) is 4.30. The van der Waals surface area contributed by atoms with Gasteiger partial charge in [-0.05, 0) is 31.7 Å². The lowest BCUT2D eigenvalue weighted by Gasteiger charge is -2.19. The number of rotatable bonds is 8. The summed E-state index contributed by atoms with van der Waals surface area (Å²) >= 11 is 1.45. The van der Waals surface area contributed by atoms with Gasteiger partial charge in [0.25, 0.3) is 5.91 Å². The number of amides is 2. The number of carboxylic acid groups (broad SMARTS) is 1. The maximum absolute atomic E-state index is 11.9. The van der Waals surface area contributed by atoms with Gasteiger partial charge in [-0.2, -0.15) is 16.4 Å². The molecule has 0 radical (unpaired) electrons. The van der Waals surface area contributed by atoms with Crippen LogP contribution in [0, 0.1) is 0 Å². The van der Waals surface area contributed by atoms with Crippen molar-refractivity contribution in [3.63, 3.8) is 0 Å². The number of anilines is 1. The normalized spacial score (nSPS) is 11.1. The number of hydrogen-bond donors (Lipinski definition) is 3. The first kappa shape index (κ1) is 18.7. The number of carboxylic acids is 1. The molecule has 2 heterocycles. The molecule has 2 amide bonds. The predicted octanol–water partition coefficient (Wildman–Crippen LogP) is 1.91. The van der Waals surface area contributed by atoms with Gasteiger partial charge >= 0.3 is 5.97 Å². The van der Waals surface area contributed by atoms with E-state index in [9.17, 15) is 14.4 Å². The number of aromatic nitrogens is 2.